The molecule has 0 fully saturated rings. The molecule has 2 amide bonds. The Morgan fingerprint density at radius 1 is 1.40 bits per heavy atom. The molecular weight excluding hydrogens is 200 g/mol. The largest absolute Gasteiger partial charge is 0.480 e. The van der Waals surface area contributed by atoms with Crippen LogP contribution in [-0.4, -0.2) is 52.9 Å². The summed E-state index contributed by atoms with van der Waals surface area (Å²) in [7, 11) is 0. The van der Waals surface area contributed by atoms with Crippen molar-refractivity contribution in [3.05, 3.63) is 0 Å². The maximum Gasteiger partial charge on any atom is 0.325 e. The predicted molar refractivity (Wildman–Crippen MR) is 54.6 cm³/mol. The van der Waals surface area contributed by atoms with Gasteiger partial charge in [-0.25, -0.2) is 4.79 Å². The molecule has 0 aromatic rings. The van der Waals surface area contributed by atoms with Crippen LogP contribution in [0.15, 0.2) is 0 Å². The number of rotatable bonds is 6. The third-order valence-electron chi connectivity index (χ3n) is 1.86. The first-order valence-electron chi connectivity index (χ1n) is 4.92. The van der Waals surface area contributed by atoms with Crippen LogP contribution in [0.5, 0.6) is 0 Å². The van der Waals surface area contributed by atoms with E-state index < -0.39 is 18.0 Å². The second-order valence-corrected chi connectivity index (χ2v) is 3.22. The number of amides is 2. The van der Waals surface area contributed by atoms with Crippen molar-refractivity contribution in [1.29, 1.82) is 0 Å². The van der Waals surface area contributed by atoms with Crippen LogP contribution in [0.3, 0.4) is 0 Å². The molecule has 0 aromatic carbocycles. The van der Waals surface area contributed by atoms with Gasteiger partial charge in [-0.1, -0.05) is 6.92 Å². The zero-order valence-electron chi connectivity index (χ0n) is 9.06. The Hall–Kier alpha value is -1.30. The Bertz CT molecular complexity index is 214. The molecule has 0 aliphatic carbocycles. The molecule has 0 saturated carbocycles. The number of nitrogens with one attached hydrogen (secondary N) is 1. The zero-order valence-corrected chi connectivity index (χ0v) is 9.06. The van der Waals surface area contributed by atoms with E-state index in [-0.39, 0.29) is 13.2 Å². The van der Waals surface area contributed by atoms with E-state index in [1.165, 1.54) is 11.8 Å². The van der Waals surface area contributed by atoms with E-state index in [4.69, 9.17) is 10.2 Å². The van der Waals surface area contributed by atoms with Crippen LogP contribution in [0.1, 0.15) is 20.3 Å². The highest BCUT2D eigenvalue weighted by Crippen LogP contribution is 1.93. The van der Waals surface area contributed by atoms with E-state index in [2.05, 4.69) is 5.32 Å². The normalized spacial score (nSPS) is 11.9. The molecule has 0 saturated heterocycles. The Morgan fingerprint density at radius 2 is 2.00 bits per heavy atom. The van der Waals surface area contributed by atoms with Gasteiger partial charge in [0.15, 0.2) is 0 Å². The van der Waals surface area contributed by atoms with Gasteiger partial charge in [0.1, 0.15) is 6.04 Å². The summed E-state index contributed by atoms with van der Waals surface area (Å²) in [4.78, 5) is 23.4. The quantitative estimate of drug-likeness (QED) is 0.579. The van der Waals surface area contributed by atoms with Gasteiger partial charge in [-0.05, 0) is 13.3 Å². The number of carbonyl (C=O) groups is 2. The summed E-state index contributed by atoms with van der Waals surface area (Å²) >= 11 is 0. The Labute approximate surface area is 88.9 Å². The molecule has 0 aliphatic rings. The number of carbonyl (C=O) groups excluding carboxylic acids is 1. The van der Waals surface area contributed by atoms with Gasteiger partial charge in [-0.15, -0.1) is 0 Å². The van der Waals surface area contributed by atoms with E-state index >= 15 is 0 Å². The number of urea groups is 1. The van der Waals surface area contributed by atoms with Gasteiger partial charge < -0.3 is 20.4 Å². The Morgan fingerprint density at radius 3 is 2.40 bits per heavy atom. The average Bonchev–Trinajstić information content (AvgIpc) is 2.17. The number of aliphatic hydroxyl groups excluding tert-OH is 1. The van der Waals surface area contributed by atoms with E-state index in [9.17, 15) is 9.59 Å². The van der Waals surface area contributed by atoms with Crippen molar-refractivity contribution in [2.45, 2.75) is 26.3 Å². The van der Waals surface area contributed by atoms with Gasteiger partial charge in [0.2, 0.25) is 0 Å². The molecule has 3 N–H and O–H groups in total. The molecule has 6 heteroatoms. The maximum absolute atomic E-state index is 11.5. The number of aliphatic carboxylic acids is 1. The summed E-state index contributed by atoms with van der Waals surface area (Å²) in [6, 6.07) is -1.38. The maximum atomic E-state index is 11.5. The van der Waals surface area contributed by atoms with Crippen LogP contribution in [-0.2, 0) is 4.79 Å². The summed E-state index contributed by atoms with van der Waals surface area (Å²) in [5.74, 6) is -1.08. The fourth-order valence-corrected chi connectivity index (χ4v) is 1.04. The molecule has 0 heterocycles. The standard InChI is InChI=1S/C9H18N2O4/c1-3-4-11(5-6-12)9(15)10-7(2)8(13)14/h7,12H,3-6H2,1-2H3,(H,10,15)(H,13,14)/t7-/m0/s1. The summed E-state index contributed by atoms with van der Waals surface area (Å²) in [5, 5.41) is 19.6. The van der Waals surface area contributed by atoms with Crippen molar-refractivity contribution in [3.8, 4) is 0 Å². The van der Waals surface area contributed by atoms with Gasteiger partial charge in [0, 0.05) is 13.1 Å². The van der Waals surface area contributed by atoms with E-state index in [1.54, 1.807) is 0 Å². The minimum Gasteiger partial charge on any atom is -0.480 e. The van der Waals surface area contributed by atoms with Gasteiger partial charge in [-0.2, -0.15) is 0 Å². The molecule has 0 bridgehead atoms. The summed E-state index contributed by atoms with van der Waals surface area (Å²) in [6.07, 6.45) is 0.759. The number of nitrogens with zero attached hydrogens (tertiary/aromatic N) is 1. The monoisotopic (exact) mass is 218 g/mol. The molecule has 15 heavy (non-hydrogen) atoms. The average molecular weight is 218 g/mol. The van der Waals surface area contributed by atoms with Crippen molar-refractivity contribution in [3.63, 3.8) is 0 Å². The molecule has 6 nitrogen and oxygen atoms in total. The fourth-order valence-electron chi connectivity index (χ4n) is 1.04. The highest BCUT2D eigenvalue weighted by molar-refractivity contribution is 5.82. The number of hydrogen-bond acceptors (Lipinski definition) is 3. The second kappa shape index (κ2) is 7.05. The van der Waals surface area contributed by atoms with Gasteiger partial charge in [0.25, 0.3) is 0 Å². The van der Waals surface area contributed by atoms with Gasteiger partial charge in [-0.3, -0.25) is 4.79 Å². The number of aliphatic hydroxyl groups is 1. The molecule has 0 radical (unpaired) electrons. The third kappa shape index (κ3) is 5.21. The van der Waals surface area contributed by atoms with Crippen LogP contribution >= 0.6 is 0 Å². The van der Waals surface area contributed by atoms with Crippen molar-refractivity contribution < 1.29 is 19.8 Å². The first-order chi connectivity index (χ1) is 7.02. The van der Waals surface area contributed by atoms with Gasteiger partial charge >= 0.3 is 12.0 Å². The van der Waals surface area contributed by atoms with Crippen LogP contribution in [0.2, 0.25) is 0 Å². The lowest BCUT2D eigenvalue weighted by Crippen LogP contribution is -2.47. The van der Waals surface area contributed by atoms with E-state index in [0.29, 0.717) is 6.54 Å². The lowest BCUT2D eigenvalue weighted by molar-refractivity contribution is -0.138. The predicted octanol–water partition coefficient (Wildman–Crippen LogP) is -0.127. The van der Waals surface area contributed by atoms with Crippen LogP contribution in [0.25, 0.3) is 0 Å². The number of hydrogen-bond donors (Lipinski definition) is 3. The topological polar surface area (TPSA) is 89.9 Å². The number of carboxylic acids is 1. The van der Waals surface area contributed by atoms with Crippen molar-refractivity contribution in [2.75, 3.05) is 19.7 Å². The second-order valence-electron chi connectivity index (χ2n) is 3.22. The lowest BCUT2D eigenvalue weighted by Gasteiger charge is -2.22. The van der Waals surface area contributed by atoms with Crippen LogP contribution in [0.4, 0.5) is 4.79 Å². The minimum absolute atomic E-state index is 0.130. The first-order valence-corrected chi connectivity index (χ1v) is 4.92. The first kappa shape index (κ1) is 13.7. The highest BCUT2D eigenvalue weighted by atomic mass is 16.4. The van der Waals surface area contributed by atoms with Crippen molar-refractivity contribution >= 4 is 12.0 Å². The van der Waals surface area contributed by atoms with Crippen molar-refractivity contribution in [2.24, 2.45) is 0 Å². The molecule has 0 unspecified atom stereocenters. The van der Waals surface area contributed by atoms with E-state index in [0.717, 1.165) is 6.42 Å². The lowest BCUT2D eigenvalue weighted by atomic mass is 10.3. The molecular formula is C9H18N2O4. The summed E-state index contributed by atoms with van der Waals surface area (Å²) in [6.45, 7) is 3.88. The highest BCUT2D eigenvalue weighted by Gasteiger charge is 2.18. The Balaban J connectivity index is 4.18. The van der Waals surface area contributed by atoms with Crippen LogP contribution in [0, 0.1) is 0 Å². The minimum atomic E-state index is -1.08. The smallest absolute Gasteiger partial charge is 0.325 e. The fraction of sp³-hybridized carbons (Fsp3) is 0.778. The van der Waals surface area contributed by atoms with Gasteiger partial charge in [0.05, 0.1) is 6.61 Å². The van der Waals surface area contributed by atoms with Crippen molar-refractivity contribution in [1.82, 2.24) is 10.2 Å². The molecule has 88 valence electrons. The number of carboxylic acid groups (broad SMARTS) is 1. The molecule has 0 spiro atoms. The third-order valence-corrected chi connectivity index (χ3v) is 1.86. The van der Waals surface area contributed by atoms with Crippen LogP contribution < -0.4 is 5.32 Å². The summed E-state index contributed by atoms with van der Waals surface area (Å²) in [5.41, 5.74) is 0. The molecule has 0 rings (SSSR count). The Kier molecular flexibility index (Phi) is 6.44. The molecule has 0 aliphatic heterocycles. The van der Waals surface area contributed by atoms with E-state index in [1.807, 2.05) is 6.92 Å². The SMILES string of the molecule is CCCN(CCO)C(=O)N[C@@H](C)C(=O)O. The zero-order chi connectivity index (χ0) is 11.8. The molecule has 1 atom stereocenters. The summed E-state index contributed by atoms with van der Waals surface area (Å²) < 4.78 is 0. The molecule has 0 aromatic heterocycles.